The maximum absolute atomic E-state index is 12.6. The molecule has 5 amide bonds. The molecule has 12 N–H and O–H groups in total. The highest BCUT2D eigenvalue weighted by Gasteiger charge is 2.30. The van der Waals surface area contributed by atoms with E-state index in [1.54, 1.807) is 0 Å². The Morgan fingerprint density at radius 1 is 0.635 bits per heavy atom. The number of amides is 5. The molecule has 4 atom stereocenters. The van der Waals surface area contributed by atoms with Crippen LogP contribution < -0.4 is 32.3 Å². The third kappa shape index (κ3) is 24.6. The molecule has 0 aromatic carbocycles. The Hall–Kier alpha value is -4.49. The Morgan fingerprint density at radius 2 is 1.25 bits per heavy atom. The molecule has 0 radical (unpaired) electrons. The van der Waals surface area contributed by atoms with Crippen LogP contribution in [-0.4, -0.2) is 157 Å². The monoisotopic (exact) mass is 772 g/mol. The normalized spacial score (nSPS) is 13.4. The topological polar surface area (TPSA) is 376 Å². The maximum atomic E-state index is 12.6. The number of aliphatic carboxylic acids is 3. The molecule has 24 heteroatoms. The lowest BCUT2D eigenvalue weighted by Gasteiger charge is -2.20. The summed E-state index contributed by atoms with van der Waals surface area (Å²) in [5.41, 5.74) is 5.36. The lowest BCUT2D eigenvalue weighted by Crippen LogP contribution is -2.54. The summed E-state index contributed by atoms with van der Waals surface area (Å²) < 4.78 is 42.2. The molecule has 0 aliphatic heterocycles. The summed E-state index contributed by atoms with van der Waals surface area (Å²) >= 11 is 0. The zero-order valence-corrected chi connectivity index (χ0v) is 29.1. The van der Waals surface area contributed by atoms with Gasteiger partial charge < -0.3 is 62.2 Å². The number of hydrogen-bond acceptors (Lipinski definition) is 14. The molecule has 0 rings (SSSR count). The second-order valence-electron chi connectivity index (χ2n) is 11.1. The SMILES string of the molecule is NC(CO)C(=O)NCCCCC(NC(=O)COCCOCCNC(=O)CCC(NC(=O)C(CS(=O)(=O)O)NC(=O)CCCC(=O)O)C(=O)O)C(=O)O. The summed E-state index contributed by atoms with van der Waals surface area (Å²) in [6.07, 6.45) is -0.934. The van der Waals surface area contributed by atoms with Gasteiger partial charge in [0, 0.05) is 32.4 Å². The van der Waals surface area contributed by atoms with Crippen molar-refractivity contribution in [2.75, 3.05) is 51.9 Å². The van der Waals surface area contributed by atoms with E-state index in [0.29, 0.717) is 12.8 Å². The Bertz CT molecular complexity index is 1320. The summed E-state index contributed by atoms with van der Waals surface area (Å²) in [5, 5.41) is 47.5. The predicted octanol–water partition coefficient (Wildman–Crippen LogP) is -4.71. The minimum atomic E-state index is -4.83. The van der Waals surface area contributed by atoms with Gasteiger partial charge in [0.1, 0.15) is 36.5 Å². The average molecular weight is 773 g/mol. The second kappa shape index (κ2) is 26.3. The van der Waals surface area contributed by atoms with Crippen molar-refractivity contribution in [1.82, 2.24) is 26.6 Å². The zero-order chi connectivity index (χ0) is 39.7. The third-order valence-corrected chi connectivity index (χ3v) is 7.41. The highest BCUT2D eigenvalue weighted by atomic mass is 32.2. The van der Waals surface area contributed by atoms with Crippen LogP contribution in [0.1, 0.15) is 51.4 Å². The van der Waals surface area contributed by atoms with Crippen molar-refractivity contribution in [3.05, 3.63) is 0 Å². The molecule has 0 saturated heterocycles. The van der Waals surface area contributed by atoms with E-state index in [9.17, 15) is 57.0 Å². The van der Waals surface area contributed by atoms with Gasteiger partial charge in [-0.25, -0.2) is 9.59 Å². The molecule has 0 aliphatic rings. The van der Waals surface area contributed by atoms with Gasteiger partial charge in [-0.2, -0.15) is 8.42 Å². The molecule has 0 heterocycles. The largest absolute Gasteiger partial charge is 0.481 e. The second-order valence-corrected chi connectivity index (χ2v) is 12.6. The van der Waals surface area contributed by atoms with Crippen molar-refractivity contribution >= 4 is 57.6 Å². The first kappa shape index (κ1) is 47.5. The molecule has 0 aromatic rings. The van der Waals surface area contributed by atoms with Crippen LogP contribution in [0.2, 0.25) is 0 Å². The first-order valence-corrected chi connectivity index (χ1v) is 17.5. The number of carbonyl (C=O) groups excluding carboxylic acids is 5. The van der Waals surface area contributed by atoms with Gasteiger partial charge in [-0.15, -0.1) is 0 Å². The van der Waals surface area contributed by atoms with Crippen LogP contribution in [0.15, 0.2) is 0 Å². The van der Waals surface area contributed by atoms with Gasteiger partial charge in [-0.3, -0.25) is 33.3 Å². The molecular formula is C28H48N6O17S. The molecule has 0 bridgehead atoms. The smallest absolute Gasteiger partial charge is 0.326 e. The number of rotatable bonds is 30. The molecule has 23 nitrogen and oxygen atoms in total. The van der Waals surface area contributed by atoms with Gasteiger partial charge in [0.15, 0.2) is 0 Å². The molecule has 52 heavy (non-hydrogen) atoms. The van der Waals surface area contributed by atoms with Crippen LogP contribution in [0.5, 0.6) is 0 Å². The summed E-state index contributed by atoms with van der Waals surface area (Å²) in [5.74, 6) is -9.41. The minimum absolute atomic E-state index is 0.00882. The van der Waals surface area contributed by atoms with Gasteiger partial charge in [0.2, 0.25) is 29.5 Å². The summed E-state index contributed by atoms with van der Waals surface area (Å²) in [7, 11) is -4.83. The first-order chi connectivity index (χ1) is 24.4. The number of carboxylic acid groups (broad SMARTS) is 3. The highest BCUT2D eigenvalue weighted by Crippen LogP contribution is 2.04. The van der Waals surface area contributed by atoms with Crippen LogP contribution in [-0.2, 0) is 57.9 Å². The Morgan fingerprint density at radius 3 is 1.85 bits per heavy atom. The number of aliphatic hydroxyl groups is 1. The lowest BCUT2D eigenvalue weighted by molar-refractivity contribution is -0.143. The third-order valence-electron chi connectivity index (χ3n) is 6.66. The minimum Gasteiger partial charge on any atom is -0.481 e. The molecule has 0 aromatic heterocycles. The van der Waals surface area contributed by atoms with Crippen molar-refractivity contribution in [2.24, 2.45) is 5.73 Å². The van der Waals surface area contributed by atoms with Crippen molar-refractivity contribution < 1.29 is 81.2 Å². The Kier molecular flexibility index (Phi) is 24.0. The molecule has 4 unspecified atom stereocenters. The number of carbonyl (C=O) groups is 8. The number of unbranched alkanes of at least 4 members (excludes halogenated alkanes) is 1. The number of nitrogens with one attached hydrogen (secondary N) is 5. The van der Waals surface area contributed by atoms with E-state index < -0.39 is 120 Å². The molecule has 0 spiro atoms. The van der Waals surface area contributed by atoms with Crippen LogP contribution >= 0.6 is 0 Å². The Labute approximate surface area is 298 Å². The summed E-state index contributed by atoms with van der Waals surface area (Å²) in [6, 6.07) is -5.85. The number of ether oxygens (including phenoxy) is 2. The highest BCUT2D eigenvalue weighted by molar-refractivity contribution is 7.85. The zero-order valence-electron chi connectivity index (χ0n) is 28.2. The van der Waals surface area contributed by atoms with Gasteiger partial charge in [0.05, 0.1) is 26.4 Å². The van der Waals surface area contributed by atoms with Gasteiger partial charge in [-0.05, 0) is 32.1 Å². The first-order valence-electron chi connectivity index (χ1n) is 15.9. The standard InChI is InChI=1S/C28H48N6O17S/c29-17(14-35)25(41)31-9-2-1-4-18(27(43)44)32-23(38)15-51-13-12-50-11-10-30-21(36)8-7-19(28(45)46)34-26(42)20(16-52(47,48)49)33-22(37)5-3-6-24(39)40/h17-20,35H,1-16,29H2,(H,30,36)(H,31,41)(H,32,38)(H,33,37)(H,34,42)(H,39,40)(H,43,44)(H,45,46)(H,47,48,49). The van der Waals surface area contributed by atoms with Gasteiger partial charge in [-0.1, -0.05) is 0 Å². The van der Waals surface area contributed by atoms with E-state index in [0.717, 1.165) is 0 Å². The van der Waals surface area contributed by atoms with E-state index in [1.165, 1.54) is 0 Å². The molecule has 0 aliphatic carbocycles. The van der Waals surface area contributed by atoms with E-state index in [4.69, 9.17) is 30.0 Å². The summed E-state index contributed by atoms with van der Waals surface area (Å²) in [6.45, 7) is -0.875. The van der Waals surface area contributed by atoms with E-state index in [2.05, 4.69) is 16.0 Å². The number of nitrogens with two attached hydrogens (primary N) is 1. The van der Waals surface area contributed by atoms with Gasteiger partial charge >= 0.3 is 17.9 Å². The quantitative estimate of drug-likeness (QED) is 0.0241. The fraction of sp³-hybridized carbons (Fsp3) is 0.714. The fourth-order valence-electron chi connectivity index (χ4n) is 3.99. The van der Waals surface area contributed by atoms with Crippen LogP contribution in [0.3, 0.4) is 0 Å². The molecule has 0 fully saturated rings. The van der Waals surface area contributed by atoms with Crippen LogP contribution in [0.25, 0.3) is 0 Å². The van der Waals surface area contributed by atoms with Crippen LogP contribution in [0, 0.1) is 0 Å². The van der Waals surface area contributed by atoms with E-state index >= 15 is 0 Å². The summed E-state index contributed by atoms with van der Waals surface area (Å²) in [4.78, 5) is 93.9. The molecule has 298 valence electrons. The molecular weight excluding hydrogens is 724 g/mol. The van der Waals surface area contributed by atoms with E-state index in [-0.39, 0.29) is 52.2 Å². The van der Waals surface area contributed by atoms with E-state index in [1.807, 2.05) is 10.6 Å². The van der Waals surface area contributed by atoms with Crippen molar-refractivity contribution in [3.63, 3.8) is 0 Å². The van der Waals surface area contributed by atoms with Crippen LogP contribution in [0.4, 0.5) is 0 Å². The number of aliphatic hydroxyl groups excluding tert-OH is 1. The van der Waals surface area contributed by atoms with Gasteiger partial charge in [0.25, 0.3) is 10.1 Å². The van der Waals surface area contributed by atoms with Crippen molar-refractivity contribution in [1.29, 1.82) is 0 Å². The fourth-order valence-corrected chi connectivity index (χ4v) is 4.65. The van der Waals surface area contributed by atoms with Crippen molar-refractivity contribution in [3.8, 4) is 0 Å². The van der Waals surface area contributed by atoms with Crippen molar-refractivity contribution in [2.45, 2.75) is 75.5 Å². The number of hydrogen-bond donors (Lipinski definition) is 11. The molecule has 0 saturated carbocycles. The Balaban J connectivity index is 4.42. The lowest BCUT2D eigenvalue weighted by atomic mass is 10.1. The average Bonchev–Trinajstić information content (AvgIpc) is 3.04. The number of carboxylic acids is 3. The maximum Gasteiger partial charge on any atom is 0.326 e. The predicted molar refractivity (Wildman–Crippen MR) is 175 cm³/mol.